The summed E-state index contributed by atoms with van der Waals surface area (Å²) in [5, 5.41) is 21.1. The van der Waals surface area contributed by atoms with Gasteiger partial charge in [0.25, 0.3) is 0 Å². The number of hydrogen-bond acceptors (Lipinski definition) is 4. The van der Waals surface area contributed by atoms with E-state index in [0.29, 0.717) is 22.4 Å². The van der Waals surface area contributed by atoms with Crippen molar-refractivity contribution in [2.24, 2.45) is 0 Å². The molecule has 2 N–H and O–H groups in total. The summed E-state index contributed by atoms with van der Waals surface area (Å²) in [5.74, 6) is 1.44. The number of benzene rings is 2. The maximum absolute atomic E-state index is 10.2. The SMILES string of the molecule is CCCc1c(OC)c(OC)cc2c(O)cc(CO)cc12. The first kappa shape index (κ1) is 14.5. The molecule has 0 saturated carbocycles. The molecule has 0 fully saturated rings. The summed E-state index contributed by atoms with van der Waals surface area (Å²) >= 11 is 0. The molecular weight excluding hydrogens is 256 g/mol. The highest BCUT2D eigenvalue weighted by Gasteiger charge is 2.17. The summed E-state index contributed by atoms with van der Waals surface area (Å²) in [6.45, 7) is 1.98. The second-order valence-corrected chi connectivity index (χ2v) is 4.71. The first-order valence-electron chi connectivity index (χ1n) is 6.66. The zero-order valence-electron chi connectivity index (χ0n) is 12.1. The monoisotopic (exact) mass is 276 g/mol. The molecular formula is C16H20O4. The fraction of sp³-hybridized carbons (Fsp3) is 0.375. The molecule has 2 aromatic rings. The Bertz CT molecular complexity index is 620. The van der Waals surface area contributed by atoms with Gasteiger partial charge in [0.1, 0.15) is 5.75 Å². The zero-order chi connectivity index (χ0) is 14.7. The number of phenols is 1. The number of fused-ring (bicyclic) bond motifs is 1. The van der Waals surface area contributed by atoms with Gasteiger partial charge in [-0.15, -0.1) is 0 Å². The van der Waals surface area contributed by atoms with E-state index in [9.17, 15) is 10.2 Å². The summed E-state index contributed by atoms with van der Waals surface area (Å²) in [6, 6.07) is 5.23. The van der Waals surface area contributed by atoms with Crippen molar-refractivity contribution in [2.75, 3.05) is 14.2 Å². The number of aliphatic hydroxyl groups excluding tert-OH is 1. The highest BCUT2D eigenvalue weighted by molar-refractivity contribution is 5.95. The van der Waals surface area contributed by atoms with Crippen molar-refractivity contribution in [3.8, 4) is 17.2 Å². The Labute approximate surface area is 118 Å². The number of rotatable bonds is 5. The minimum atomic E-state index is -0.108. The van der Waals surface area contributed by atoms with Gasteiger partial charge in [0, 0.05) is 10.9 Å². The van der Waals surface area contributed by atoms with Crippen LogP contribution in [0.4, 0.5) is 0 Å². The highest BCUT2D eigenvalue weighted by Crippen LogP contribution is 2.41. The van der Waals surface area contributed by atoms with E-state index in [1.165, 1.54) is 0 Å². The molecule has 0 saturated heterocycles. The number of ether oxygens (including phenoxy) is 2. The molecule has 20 heavy (non-hydrogen) atoms. The van der Waals surface area contributed by atoms with Crippen LogP contribution in [-0.2, 0) is 13.0 Å². The topological polar surface area (TPSA) is 58.9 Å². The first-order chi connectivity index (χ1) is 9.65. The second kappa shape index (κ2) is 6.01. The van der Waals surface area contributed by atoms with Gasteiger partial charge in [-0.05, 0) is 35.6 Å². The van der Waals surface area contributed by atoms with Gasteiger partial charge >= 0.3 is 0 Å². The minimum absolute atomic E-state index is 0.108. The average Bonchev–Trinajstić information content (AvgIpc) is 2.47. The van der Waals surface area contributed by atoms with E-state index < -0.39 is 0 Å². The molecule has 0 aromatic heterocycles. The van der Waals surface area contributed by atoms with E-state index in [-0.39, 0.29) is 12.4 Å². The lowest BCUT2D eigenvalue weighted by atomic mass is 9.96. The molecule has 0 bridgehead atoms. The van der Waals surface area contributed by atoms with Gasteiger partial charge < -0.3 is 19.7 Å². The molecule has 0 heterocycles. The van der Waals surface area contributed by atoms with E-state index in [2.05, 4.69) is 6.92 Å². The Hall–Kier alpha value is -1.94. The van der Waals surface area contributed by atoms with Gasteiger partial charge in [0.05, 0.1) is 20.8 Å². The van der Waals surface area contributed by atoms with Gasteiger partial charge in [-0.2, -0.15) is 0 Å². The van der Waals surface area contributed by atoms with Crippen LogP contribution < -0.4 is 9.47 Å². The second-order valence-electron chi connectivity index (χ2n) is 4.71. The van der Waals surface area contributed by atoms with E-state index in [1.54, 1.807) is 26.4 Å². The van der Waals surface area contributed by atoms with Crippen LogP contribution in [0.1, 0.15) is 24.5 Å². The molecule has 108 valence electrons. The van der Waals surface area contributed by atoms with Crippen LogP contribution >= 0.6 is 0 Å². The van der Waals surface area contributed by atoms with E-state index in [4.69, 9.17) is 9.47 Å². The van der Waals surface area contributed by atoms with Gasteiger partial charge in [-0.1, -0.05) is 13.3 Å². The van der Waals surface area contributed by atoms with Gasteiger partial charge in [0.15, 0.2) is 11.5 Å². The maximum atomic E-state index is 10.2. The van der Waals surface area contributed by atoms with Crippen LogP contribution in [0.3, 0.4) is 0 Å². The Morgan fingerprint density at radius 3 is 2.35 bits per heavy atom. The fourth-order valence-corrected chi connectivity index (χ4v) is 2.53. The molecule has 0 aliphatic rings. The lowest BCUT2D eigenvalue weighted by Gasteiger charge is -2.17. The quantitative estimate of drug-likeness (QED) is 0.881. The Morgan fingerprint density at radius 1 is 1.05 bits per heavy atom. The summed E-state index contributed by atoms with van der Waals surface area (Å²) < 4.78 is 10.8. The molecule has 0 atom stereocenters. The van der Waals surface area contributed by atoms with E-state index in [1.807, 2.05) is 6.07 Å². The molecule has 2 aromatic carbocycles. The molecule has 0 unspecified atom stereocenters. The van der Waals surface area contributed by atoms with Crippen LogP contribution in [0, 0.1) is 0 Å². The highest BCUT2D eigenvalue weighted by atomic mass is 16.5. The summed E-state index contributed by atoms with van der Waals surface area (Å²) in [4.78, 5) is 0. The Morgan fingerprint density at radius 2 is 1.80 bits per heavy atom. The van der Waals surface area contributed by atoms with Gasteiger partial charge in [-0.3, -0.25) is 0 Å². The molecule has 2 rings (SSSR count). The van der Waals surface area contributed by atoms with E-state index >= 15 is 0 Å². The predicted molar refractivity (Wildman–Crippen MR) is 78.6 cm³/mol. The largest absolute Gasteiger partial charge is 0.507 e. The summed E-state index contributed by atoms with van der Waals surface area (Å²) in [7, 11) is 3.19. The third-order valence-corrected chi connectivity index (χ3v) is 3.42. The molecule has 0 aliphatic carbocycles. The number of methoxy groups -OCH3 is 2. The van der Waals surface area contributed by atoms with Crippen LogP contribution in [0.5, 0.6) is 17.2 Å². The smallest absolute Gasteiger partial charge is 0.164 e. The van der Waals surface area contributed by atoms with Crippen LogP contribution in [-0.4, -0.2) is 24.4 Å². The van der Waals surface area contributed by atoms with Crippen LogP contribution in [0.2, 0.25) is 0 Å². The van der Waals surface area contributed by atoms with Crippen molar-refractivity contribution in [1.29, 1.82) is 0 Å². The Balaban J connectivity index is 2.85. The zero-order valence-corrected chi connectivity index (χ0v) is 12.1. The molecule has 0 radical (unpaired) electrons. The normalized spacial score (nSPS) is 10.8. The summed E-state index contributed by atoms with van der Waals surface area (Å²) in [5.41, 5.74) is 1.68. The molecule has 4 heteroatoms. The van der Waals surface area contributed by atoms with Gasteiger partial charge in [0.2, 0.25) is 0 Å². The fourth-order valence-electron chi connectivity index (χ4n) is 2.53. The predicted octanol–water partition coefficient (Wildman–Crippen LogP) is 3.01. The van der Waals surface area contributed by atoms with Gasteiger partial charge in [-0.25, -0.2) is 0 Å². The molecule has 4 nitrogen and oxygen atoms in total. The van der Waals surface area contributed by atoms with Crippen LogP contribution in [0.15, 0.2) is 18.2 Å². The third kappa shape index (κ3) is 2.39. The van der Waals surface area contributed by atoms with Crippen molar-refractivity contribution in [3.05, 3.63) is 29.3 Å². The number of hydrogen-bond donors (Lipinski definition) is 2. The molecule has 0 spiro atoms. The minimum Gasteiger partial charge on any atom is -0.507 e. The number of phenolic OH excluding ortho intramolecular Hbond substituents is 1. The maximum Gasteiger partial charge on any atom is 0.164 e. The van der Waals surface area contributed by atoms with Crippen molar-refractivity contribution in [1.82, 2.24) is 0 Å². The third-order valence-electron chi connectivity index (χ3n) is 3.42. The standard InChI is InChI=1S/C16H20O4/c1-4-5-11-12-6-10(9-17)7-14(18)13(12)8-15(19-2)16(11)20-3/h6-8,17-18H,4-5,9H2,1-3H3. The van der Waals surface area contributed by atoms with Crippen molar-refractivity contribution in [3.63, 3.8) is 0 Å². The van der Waals surface area contributed by atoms with Crippen LogP contribution in [0.25, 0.3) is 10.8 Å². The summed E-state index contributed by atoms with van der Waals surface area (Å²) in [6.07, 6.45) is 1.76. The molecule has 0 aliphatic heterocycles. The number of aliphatic hydroxyl groups is 1. The van der Waals surface area contributed by atoms with Crippen molar-refractivity contribution < 1.29 is 19.7 Å². The lowest BCUT2D eigenvalue weighted by Crippen LogP contribution is -1.98. The van der Waals surface area contributed by atoms with Crippen molar-refractivity contribution >= 4 is 10.8 Å². The lowest BCUT2D eigenvalue weighted by molar-refractivity contribution is 0.281. The number of aromatic hydroxyl groups is 1. The average molecular weight is 276 g/mol. The van der Waals surface area contributed by atoms with Crippen molar-refractivity contribution in [2.45, 2.75) is 26.4 Å². The Kier molecular flexibility index (Phi) is 4.35. The first-order valence-corrected chi connectivity index (χ1v) is 6.66. The molecule has 0 amide bonds. The number of aryl methyl sites for hydroxylation is 1. The van der Waals surface area contributed by atoms with E-state index in [0.717, 1.165) is 23.8 Å².